The molecule has 0 bridgehead atoms. The fourth-order valence-electron chi connectivity index (χ4n) is 1.57. The second kappa shape index (κ2) is 8.52. The first-order valence-corrected chi connectivity index (χ1v) is 7.02. The first kappa shape index (κ1) is 15.5. The summed E-state index contributed by atoms with van der Waals surface area (Å²) < 4.78 is 5.77. The molecule has 0 amide bonds. The van der Waals surface area contributed by atoms with Gasteiger partial charge in [0.15, 0.2) is 0 Å². The highest BCUT2D eigenvalue weighted by Crippen LogP contribution is 2.10. The molecule has 0 saturated heterocycles. The van der Waals surface area contributed by atoms with Crippen LogP contribution in [0, 0.1) is 5.92 Å². The molecule has 0 aliphatic carbocycles. The van der Waals surface area contributed by atoms with Crippen molar-refractivity contribution in [2.45, 2.75) is 39.9 Å². The molecule has 2 nitrogen and oxygen atoms in total. The van der Waals surface area contributed by atoms with Gasteiger partial charge in [-0.1, -0.05) is 37.6 Å². The van der Waals surface area contributed by atoms with E-state index in [0.29, 0.717) is 6.61 Å². The van der Waals surface area contributed by atoms with Gasteiger partial charge in [0, 0.05) is 11.6 Å². The summed E-state index contributed by atoms with van der Waals surface area (Å²) in [5, 5.41) is 4.18. The van der Waals surface area contributed by atoms with E-state index in [2.05, 4.69) is 26.1 Å². The molecule has 0 aromatic heterocycles. The second-order valence-electron chi connectivity index (χ2n) is 5.13. The Morgan fingerprint density at radius 1 is 1.17 bits per heavy atom. The van der Waals surface area contributed by atoms with Gasteiger partial charge in [-0.2, -0.15) is 0 Å². The molecule has 18 heavy (non-hydrogen) atoms. The summed E-state index contributed by atoms with van der Waals surface area (Å²) in [6, 6.07) is 7.79. The van der Waals surface area contributed by atoms with Crippen LogP contribution >= 0.6 is 11.6 Å². The van der Waals surface area contributed by atoms with E-state index in [9.17, 15) is 0 Å². The van der Waals surface area contributed by atoms with Gasteiger partial charge in [-0.15, -0.1) is 0 Å². The summed E-state index contributed by atoms with van der Waals surface area (Å²) in [4.78, 5) is 0. The number of hydrogen-bond acceptors (Lipinski definition) is 2. The summed E-state index contributed by atoms with van der Waals surface area (Å²) in [5.74, 6) is 0.753. The molecular formula is C15H24ClNO. The maximum atomic E-state index is 5.83. The topological polar surface area (TPSA) is 21.3 Å². The van der Waals surface area contributed by atoms with Crippen molar-refractivity contribution in [3.63, 3.8) is 0 Å². The van der Waals surface area contributed by atoms with E-state index < -0.39 is 0 Å². The molecule has 102 valence electrons. The molecule has 0 aliphatic rings. The zero-order valence-corrected chi connectivity index (χ0v) is 12.3. The van der Waals surface area contributed by atoms with Crippen molar-refractivity contribution in [3.8, 4) is 0 Å². The van der Waals surface area contributed by atoms with Gasteiger partial charge < -0.3 is 10.1 Å². The predicted molar refractivity (Wildman–Crippen MR) is 78.0 cm³/mol. The zero-order valence-electron chi connectivity index (χ0n) is 11.6. The Labute approximate surface area is 116 Å². The number of benzene rings is 1. The average molecular weight is 270 g/mol. The van der Waals surface area contributed by atoms with Crippen LogP contribution in [0.4, 0.5) is 0 Å². The summed E-state index contributed by atoms with van der Waals surface area (Å²) >= 11 is 5.83. The van der Waals surface area contributed by atoms with E-state index in [1.807, 2.05) is 24.3 Å². The molecular weight excluding hydrogens is 246 g/mol. The van der Waals surface area contributed by atoms with Gasteiger partial charge in [0.2, 0.25) is 0 Å². The minimum atomic E-state index is 0.229. The van der Waals surface area contributed by atoms with Crippen LogP contribution in [-0.4, -0.2) is 19.2 Å². The number of halogens is 1. The maximum absolute atomic E-state index is 5.83. The van der Waals surface area contributed by atoms with E-state index >= 15 is 0 Å². The molecule has 3 heteroatoms. The van der Waals surface area contributed by atoms with Crippen LogP contribution in [-0.2, 0) is 11.3 Å². The highest BCUT2D eigenvalue weighted by atomic mass is 35.5. The number of nitrogens with one attached hydrogen (secondary N) is 1. The van der Waals surface area contributed by atoms with Crippen molar-refractivity contribution in [2.24, 2.45) is 5.92 Å². The van der Waals surface area contributed by atoms with Crippen LogP contribution in [0.5, 0.6) is 0 Å². The fourth-order valence-corrected chi connectivity index (χ4v) is 1.70. The Morgan fingerprint density at radius 3 is 2.44 bits per heavy atom. The van der Waals surface area contributed by atoms with Gasteiger partial charge in [0.1, 0.15) is 0 Å². The molecule has 1 aromatic rings. The monoisotopic (exact) mass is 269 g/mol. The van der Waals surface area contributed by atoms with Gasteiger partial charge in [0.25, 0.3) is 0 Å². The third-order valence-corrected chi connectivity index (χ3v) is 3.03. The average Bonchev–Trinajstić information content (AvgIpc) is 2.34. The summed E-state index contributed by atoms with van der Waals surface area (Å²) in [6.07, 6.45) is 1.44. The number of ether oxygens (including phenoxy) is 1. The Kier molecular flexibility index (Phi) is 7.33. The third kappa shape index (κ3) is 7.00. The Morgan fingerprint density at radius 2 is 1.83 bits per heavy atom. The molecule has 1 atom stereocenters. The van der Waals surface area contributed by atoms with Crippen LogP contribution in [0.3, 0.4) is 0 Å². The highest BCUT2D eigenvalue weighted by Gasteiger charge is 2.02. The van der Waals surface area contributed by atoms with E-state index in [1.54, 1.807) is 0 Å². The highest BCUT2D eigenvalue weighted by molar-refractivity contribution is 6.30. The van der Waals surface area contributed by atoms with Crippen LogP contribution in [0.15, 0.2) is 24.3 Å². The van der Waals surface area contributed by atoms with Crippen molar-refractivity contribution in [3.05, 3.63) is 34.9 Å². The molecule has 0 heterocycles. The lowest BCUT2D eigenvalue weighted by Gasteiger charge is -2.14. The van der Waals surface area contributed by atoms with Crippen molar-refractivity contribution in [1.29, 1.82) is 0 Å². The lowest BCUT2D eigenvalue weighted by atomic mass is 10.1. The van der Waals surface area contributed by atoms with E-state index in [0.717, 1.165) is 29.6 Å². The molecule has 0 saturated carbocycles. The smallest absolute Gasteiger partial charge is 0.0721 e. The summed E-state index contributed by atoms with van der Waals surface area (Å²) in [5.41, 5.74) is 1.16. The molecule has 1 N–H and O–H groups in total. The second-order valence-corrected chi connectivity index (χ2v) is 5.57. The lowest BCUT2D eigenvalue weighted by Crippen LogP contribution is -2.28. The summed E-state index contributed by atoms with van der Waals surface area (Å²) in [7, 11) is 0. The molecule has 0 fully saturated rings. The normalized spacial score (nSPS) is 12.9. The van der Waals surface area contributed by atoms with Gasteiger partial charge in [-0.05, 0) is 43.5 Å². The van der Waals surface area contributed by atoms with Gasteiger partial charge in [-0.25, -0.2) is 0 Å². The standard InChI is InChI=1S/C15H24ClNO/c1-12(2)8-9-17-10-13(3)18-11-14-4-6-15(16)7-5-14/h4-7,12-13,17H,8-11H2,1-3H3. The van der Waals surface area contributed by atoms with Gasteiger partial charge in [0.05, 0.1) is 12.7 Å². The lowest BCUT2D eigenvalue weighted by molar-refractivity contribution is 0.0531. The van der Waals surface area contributed by atoms with Crippen molar-refractivity contribution < 1.29 is 4.74 Å². The van der Waals surface area contributed by atoms with Crippen LogP contribution in [0.25, 0.3) is 0 Å². The molecule has 1 aromatic carbocycles. The molecule has 0 aliphatic heterocycles. The SMILES string of the molecule is CC(C)CCNCC(C)OCc1ccc(Cl)cc1. The minimum absolute atomic E-state index is 0.229. The quantitative estimate of drug-likeness (QED) is 0.723. The zero-order chi connectivity index (χ0) is 13.4. The van der Waals surface area contributed by atoms with Crippen molar-refractivity contribution >= 4 is 11.6 Å². The first-order chi connectivity index (χ1) is 8.58. The molecule has 0 spiro atoms. The van der Waals surface area contributed by atoms with E-state index in [-0.39, 0.29) is 6.10 Å². The van der Waals surface area contributed by atoms with Crippen LogP contribution in [0.1, 0.15) is 32.8 Å². The fraction of sp³-hybridized carbons (Fsp3) is 0.600. The maximum Gasteiger partial charge on any atom is 0.0721 e. The third-order valence-electron chi connectivity index (χ3n) is 2.78. The van der Waals surface area contributed by atoms with Gasteiger partial charge in [-0.3, -0.25) is 0 Å². The van der Waals surface area contributed by atoms with E-state index in [1.165, 1.54) is 6.42 Å². The summed E-state index contributed by atoms with van der Waals surface area (Å²) in [6.45, 7) is 9.18. The van der Waals surface area contributed by atoms with Crippen LogP contribution < -0.4 is 5.32 Å². The van der Waals surface area contributed by atoms with Crippen molar-refractivity contribution in [2.75, 3.05) is 13.1 Å². The Hall–Kier alpha value is -0.570. The minimum Gasteiger partial charge on any atom is -0.373 e. The molecule has 0 radical (unpaired) electrons. The number of rotatable bonds is 8. The van der Waals surface area contributed by atoms with E-state index in [4.69, 9.17) is 16.3 Å². The van der Waals surface area contributed by atoms with Crippen LogP contribution in [0.2, 0.25) is 5.02 Å². The first-order valence-electron chi connectivity index (χ1n) is 6.64. The van der Waals surface area contributed by atoms with Crippen molar-refractivity contribution in [1.82, 2.24) is 5.32 Å². The number of hydrogen-bond donors (Lipinski definition) is 1. The molecule has 1 unspecified atom stereocenters. The van der Waals surface area contributed by atoms with Gasteiger partial charge >= 0.3 is 0 Å². The molecule has 1 rings (SSSR count). The largest absolute Gasteiger partial charge is 0.373 e. The predicted octanol–water partition coefficient (Wildman–Crippen LogP) is 3.88. The Balaban J connectivity index is 2.13. The Bertz CT molecular complexity index is 324.